The van der Waals surface area contributed by atoms with E-state index in [0.717, 1.165) is 30.1 Å². The topological polar surface area (TPSA) is 208 Å². The number of hydrazine groups is 1. The number of nitrogens with two attached hydrogens (primary N) is 2. The average Bonchev–Trinajstić information content (AvgIpc) is 3.72. The molecule has 8 N–H and O–H groups in total. The number of H-pyrrole nitrogens is 1. The minimum Gasteiger partial charge on any atom is -0.480 e. The first-order valence-electron chi connectivity index (χ1n) is 11.4. The molecule has 0 atom stereocenters. The van der Waals surface area contributed by atoms with Crippen LogP contribution in [0.4, 0.5) is 9.59 Å². The molecule has 1 aromatic heterocycles. The van der Waals surface area contributed by atoms with E-state index < -0.39 is 29.3 Å². The number of carbonyl (C=O) groups excluding carboxylic acids is 2. The summed E-state index contributed by atoms with van der Waals surface area (Å²) < 4.78 is 9.65. The standard InChI is InChI=1S/C12H13NO4.C6H10N4.C5H12N2O2/c14-10(15)12(6-7-12)13-11(16)17-8-9-4-2-1-3-5-9;1-4-8-5(10-9-4)6(7)2-3-6;1-5(2,3)9-4(8)7-6/h1-5H,6-8H2,(H,13,16)(H,14,15);2-3,7H2,1H3,(H,8,9,10);6H2,1-3H3,(H,7,8). The number of carboxylic acid groups (broad SMARTS) is 1. The molecule has 13 heteroatoms. The summed E-state index contributed by atoms with van der Waals surface area (Å²) in [6.45, 7) is 7.32. The number of rotatable bonds is 5. The molecular weight excluding hydrogens is 470 g/mol. The summed E-state index contributed by atoms with van der Waals surface area (Å²) in [6.07, 6.45) is 1.66. The van der Waals surface area contributed by atoms with E-state index in [4.69, 9.17) is 26.2 Å². The molecule has 2 aromatic rings. The van der Waals surface area contributed by atoms with Crippen LogP contribution in [0.2, 0.25) is 0 Å². The van der Waals surface area contributed by atoms with Gasteiger partial charge in [0.2, 0.25) is 0 Å². The summed E-state index contributed by atoms with van der Waals surface area (Å²) in [7, 11) is 0. The number of nitrogens with zero attached hydrogens (tertiary/aromatic N) is 2. The maximum Gasteiger partial charge on any atom is 0.421 e. The Morgan fingerprint density at radius 2 is 1.72 bits per heavy atom. The lowest BCUT2D eigenvalue weighted by molar-refractivity contribution is -0.140. The van der Waals surface area contributed by atoms with Crippen LogP contribution in [0, 0.1) is 6.92 Å². The highest BCUT2D eigenvalue weighted by Gasteiger charge is 2.52. The molecule has 13 nitrogen and oxygen atoms in total. The summed E-state index contributed by atoms with van der Waals surface area (Å²) in [4.78, 5) is 36.7. The maximum absolute atomic E-state index is 11.4. The second-order valence-electron chi connectivity index (χ2n) is 9.62. The Morgan fingerprint density at radius 3 is 2.11 bits per heavy atom. The van der Waals surface area contributed by atoms with Gasteiger partial charge in [-0.1, -0.05) is 30.3 Å². The summed E-state index contributed by atoms with van der Waals surface area (Å²) in [5.74, 6) is 5.36. The number of aromatic nitrogens is 3. The predicted molar refractivity (Wildman–Crippen MR) is 129 cm³/mol. The number of ether oxygens (including phenoxy) is 2. The Kier molecular flexibility index (Phi) is 9.36. The van der Waals surface area contributed by atoms with E-state index in [9.17, 15) is 14.4 Å². The van der Waals surface area contributed by atoms with Crippen molar-refractivity contribution in [1.29, 1.82) is 0 Å². The van der Waals surface area contributed by atoms with Crippen molar-refractivity contribution in [3.05, 3.63) is 47.5 Å². The van der Waals surface area contributed by atoms with Gasteiger partial charge in [0.05, 0.1) is 5.54 Å². The van der Waals surface area contributed by atoms with Crippen LogP contribution in [0.3, 0.4) is 0 Å². The average molecular weight is 506 g/mol. The van der Waals surface area contributed by atoms with E-state index in [2.05, 4.69) is 20.5 Å². The van der Waals surface area contributed by atoms with Gasteiger partial charge in [0.25, 0.3) is 0 Å². The second kappa shape index (κ2) is 11.8. The number of aryl methyl sites for hydroxylation is 1. The number of benzene rings is 1. The first-order valence-corrected chi connectivity index (χ1v) is 11.4. The molecule has 0 spiro atoms. The molecule has 0 saturated heterocycles. The quantitative estimate of drug-likeness (QED) is 0.198. The van der Waals surface area contributed by atoms with Gasteiger partial charge in [-0.25, -0.2) is 25.2 Å². The fraction of sp³-hybridized carbons (Fsp3) is 0.522. The van der Waals surface area contributed by atoms with Gasteiger partial charge in [-0.15, -0.1) is 0 Å². The van der Waals surface area contributed by atoms with E-state index in [1.165, 1.54) is 0 Å². The third-order valence-electron chi connectivity index (χ3n) is 5.06. The Bertz CT molecular complexity index is 1030. The van der Waals surface area contributed by atoms with E-state index >= 15 is 0 Å². The highest BCUT2D eigenvalue weighted by Crippen LogP contribution is 2.40. The van der Waals surface area contributed by atoms with Gasteiger partial charge in [0.1, 0.15) is 23.6 Å². The number of aliphatic carboxylic acids is 1. The normalized spacial score (nSPS) is 16.1. The molecular formula is C23H35N7O6. The van der Waals surface area contributed by atoms with Crippen molar-refractivity contribution in [2.24, 2.45) is 11.6 Å². The summed E-state index contributed by atoms with van der Waals surface area (Å²) in [5, 5.41) is 18.0. The number of carboxylic acids is 1. The SMILES string of the molecule is CC(C)(C)OC(=O)NN.Cc1nc(C2(N)CC2)n[nH]1.O=C(NC1(C(=O)O)CC1)OCc1ccccc1. The Hall–Kier alpha value is -3.71. The first kappa shape index (κ1) is 28.5. The van der Waals surface area contributed by atoms with Crippen LogP contribution in [0.1, 0.15) is 63.7 Å². The van der Waals surface area contributed by atoms with Crippen LogP contribution in [-0.4, -0.2) is 49.6 Å². The molecule has 1 heterocycles. The summed E-state index contributed by atoms with van der Waals surface area (Å²) >= 11 is 0. The van der Waals surface area contributed by atoms with Gasteiger partial charge in [0, 0.05) is 0 Å². The first-order chi connectivity index (χ1) is 16.8. The predicted octanol–water partition coefficient (Wildman–Crippen LogP) is 1.98. The third-order valence-corrected chi connectivity index (χ3v) is 5.06. The molecule has 0 aliphatic heterocycles. The Morgan fingerprint density at radius 1 is 1.11 bits per heavy atom. The smallest absolute Gasteiger partial charge is 0.421 e. The van der Waals surface area contributed by atoms with Gasteiger partial charge >= 0.3 is 18.2 Å². The minimum atomic E-state index is -1.09. The number of amides is 2. The molecule has 198 valence electrons. The zero-order valence-electron chi connectivity index (χ0n) is 21.0. The number of aromatic amines is 1. The van der Waals surface area contributed by atoms with Crippen LogP contribution >= 0.6 is 0 Å². The van der Waals surface area contributed by atoms with E-state index in [1.807, 2.05) is 42.7 Å². The fourth-order valence-electron chi connectivity index (χ4n) is 2.70. The van der Waals surface area contributed by atoms with Crippen molar-refractivity contribution < 1.29 is 29.0 Å². The molecule has 2 amide bonds. The van der Waals surface area contributed by atoms with E-state index in [1.54, 1.807) is 20.8 Å². The largest absolute Gasteiger partial charge is 0.480 e. The molecule has 4 rings (SSSR count). The molecule has 2 saturated carbocycles. The van der Waals surface area contributed by atoms with E-state index in [0.29, 0.717) is 12.8 Å². The van der Waals surface area contributed by atoms with Crippen molar-refractivity contribution in [3.63, 3.8) is 0 Å². The van der Waals surface area contributed by atoms with Crippen LogP contribution in [0.25, 0.3) is 0 Å². The molecule has 36 heavy (non-hydrogen) atoms. The van der Waals surface area contributed by atoms with Crippen molar-refractivity contribution in [2.75, 3.05) is 0 Å². The molecule has 0 bridgehead atoms. The van der Waals surface area contributed by atoms with Crippen LogP contribution in [-0.2, 0) is 26.4 Å². The third kappa shape index (κ3) is 9.50. The minimum absolute atomic E-state index is 0.141. The number of alkyl carbamates (subject to hydrolysis) is 1. The molecule has 2 fully saturated rings. The Labute approximate surface area is 209 Å². The summed E-state index contributed by atoms with van der Waals surface area (Å²) in [6, 6.07) is 9.22. The zero-order chi connectivity index (χ0) is 27.0. The monoisotopic (exact) mass is 505 g/mol. The number of carbonyl (C=O) groups is 3. The highest BCUT2D eigenvalue weighted by atomic mass is 16.6. The molecule has 0 radical (unpaired) electrons. The fourth-order valence-corrected chi connectivity index (χ4v) is 2.70. The number of hydrogen-bond donors (Lipinski definition) is 6. The highest BCUT2D eigenvalue weighted by molar-refractivity contribution is 5.87. The van der Waals surface area contributed by atoms with Crippen LogP contribution in [0.15, 0.2) is 30.3 Å². The lowest BCUT2D eigenvalue weighted by atomic mass is 10.2. The van der Waals surface area contributed by atoms with Gasteiger partial charge in [-0.05, 0) is 58.9 Å². The number of hydrogen-bond acceptors (Lipinski definition) is 9. The van der Waals surface area contributed by atoms with Crippen molar-refractivity contribution in [1.82, 2.24) is 25.9 Å². The van der Waals surface area contributed by atoms with Crippen molar-refractivity contribution in [3.8, 4) is 0 Å². The molecule has 2 aliphatic carbocycles. The van der Waals surface area contributed by atoms with Crippen molar-refractivity contribution in [2.45, 2.75) is 76.7 Å². The van der Waals surface area contributed by atoms with Crippen LogP contribution in [0.5, 0.6) is 0 Å². The molecule has 0 unspecified atom stereocenters. The van der Waals surface area contributed by atoms with Gasteiger partial charge < -0.3 is 25.6 Å². The second-order valence-corrected chi connectivity index (χ2v) is 9.62. The van der Waals surface area contributed by atoms with Gasteiger partial charge in [-0.2, -0.15) is 5.10 Å². The molecule has 2 aliphatic rings. The van der Waals surface area contributed by atoms with Crippen molar-refractivity contribution >= 4 is 18.2 Å². The lowest BCUT2D eigenvalue weighted by Crippen LogP contribution is -2.43. The van der Waals surface area contributed by atoms with Crippen LogP contribution < -0.4 is 22.3 Å². The number of nitrogens with one attached hydrogen (secondary N) is 3. The van der Waals surface area contributed by atoms with E-state index in [-0.39, 0.29) is 12.1 Å². The summed E-state index contributed by atoms with van der Waals surface area (Å²) in [5.41, 5.74) is 6.81. The maximum atomic E-state index is 11.4. The zero-order valence-corrected chi connectivity index (χ0v) is 21.0. The lowest BCUT2D eigenvalue weighted by Gasteiger charge is -2.18. The Balaban J connectivity index is 0.000000206. The van der Waals surface area contributed by atoms with Gasteiger partial charge in [-0.3, -0.25) is 10.5 Å². The van der Waals surface area contributed by atoms with Gasteiger partial charge in [0.15, 0.2) is 5.82 Å². The molecule has 1 aromatic carbocycles.